The first-order chi connectivity index (χ1) is 7.27. The second kappa shape index (κ2) is 4.22. The first-order valence-corrected chi connectivity index (χ1v) is 5.23. The zero-order chi connectivity index (χ0) is 10.7. The van der Waals surface area contributed by atoms with E-state index in [-0.39, 0.29) is 5.69 Å². The average Bonchev–Trinajstić information content (AvgIpc) is 2.67. The van der Waals surface area contributed by atoms with Crippen molar-refractivity contribution in [2.45, 2.75) is 12.8 Å². The number of rotatable bonds is 3. The monoisotopic (exact) mass is 223 g/mol. The summed E-state index contributed by atoms with van der Waals surface area (Å²) in [6.07, 6.45) is 7.78. The quantitative estimate of drug-likeness (QED) is 0.818. The van der Waals surface area contributed by atoms with Crippen molar-refractivity contribution in [3.63, 3.8) is 0 Å². The lowest BCUT2D eigenvalue weighted by atomic mass is 10.1. The Morgan fingerprint density at radius 2 is 2.47 bits per heavy atom. The molecule has 2 N–H and O–H groups in total. The number of carboxylic acids is 1. The van der Waals surface area contributed by atoms with E-state index in [4.69, 9.17) is 5.11 Å². The predicted molar refractivity (Wildman–Crippen MR) is 56.9 cm³/mol. The molecule has 0 saturated heterocycles. The summed E-state index contributed by atoms with van der Waals surface area (Å²) in [6.45, 7) is 0. The van der Waals surface area contributed by atoms with E-state index in [1.807, 2.05) is 12.2 Å². The molecule has 1 aromatic rings. The molecule has 0 atom stereocenters. The fraction of sp³-hybridized carbons (Fsp3) is 0.222. The van der Waals surface area contributed by atoms with E-state index in [1.54, 1.807) is 0 Å². The summed E-state index contributed by atoms with van der Waals surface area (Å²) in [6, 6.07) is 0. The van der Waals surface area contributed by atoms with Crippen LogP contribution in [-0.4, -0.2) is 20.7 Å². The van der Waals surface area contributed by atoms with Crippen molar-refractivity contribution in [1.82, 2.24) is 9.59 Å². The lowest BCUT2D eigenvalue weighted by molar-refractivity contribution is 0.0691. The Labute approximate surface area is 90.3 Å². The van der Waals surface area contributed by atoms with Crippen LogP contribution in [0.4, 0.5) is 5.00 Å². The number of carboxylic acid groups (broad SMARTS) is 1. The van der Waals surface area contributed by atoms with Crippen LogP contribution in [0, 0.1) is 0 Å². The first kappa shape index (κ1) is 9.85. The van der Waals surface area contributed by atoms with Gasteiger partial charge in [0.25, 0.3) is 0 Å². The van der Waals surface area contributed by atoms with Crippen LogP contribution < -0.4 is 5.32 Å². The van der Waals surface area contributed by atoms with Crippen molar-refractivity contribution in [2.24, 2.45) is 0 Å². The van der Waals surface area contributed by atoms with Crippen molar-refractivity contribution in [3.05, 3.63) is 29.6 Å². The zero-order valence-corrected chi connectivity index (χ0v) is 8.62. The summed E-state index contributed by atoms with van der Waals surface area (Å²) >= 11 is 1.05. The molecule has 0 aliphatic heterocycles. The average molecular weight is 223 g/mol. The minimum atomic E-state index is -1.06. The van der Waals surface area contributed by atoms with Gasteiger partial charge in [-0.05, 0) is 18.9 Å². The standard InChI is InChI=1S/C9H9N3O2S/c13-9(14)7-8(15-12-11-7)10-6-4-2-1-3-5-6/h1-2,4,10H,3,5H2,(H,13,14). The fourth-order valence-corrected chi connectivity index (χ4v) is 1.86. The second-order valence-corrected chi connectivity index (χ2v) is 3.79. The molecular weight excluding hydrogens is 214 g/mol. The molecule has 1 aliphatic carbocycles. The summed E-state index contributed by atoms with van der Waals surface area (Å²) in [7, 11) is 0. The lowest BCUT2D eigenvalue weighted by Crippen LogP contribution is -2.05. The molecule has 15 heavy (non-hydrogen) atoms. The van der Waals surface area contributed by atoms with Crippen LogP contribution in [0.1, 0.15) is 23.3 Å². The normalized spacial score (nSPS) is 14.8. The van der Waals surface area contributed by atoms with Gasteiger partial charge in [-0.3, -0.25) is 0 Å². The number of anilines is 1. The van der Waals surface area contributed by atoms with Crippen molar-refractivity contribution in [1.29, 1.82) is 0 Å². The summed E-state index contributed by atoms with van der Waals surface area (Å²) in [5.41, 5.74) is 0.974. The van der Waals surface area contributed by atoms with Crippen LogP contribution in [0.3, 0.4) is 0 Å². The third-order valence-electron chi connectivity index (χ3n) is 1.98. The number of hydrogen-bond acceptors (Lipinski definition) is 5. The molecule has 0 unspecified atom stereocenters. The van der Waals surface area contributed by atoms with Crippen LogP contribution in [0.5, 0.6) is 0 Å². The molecule has 1 aromatic heterocycles. The molecule has 0 spiro atoms. The molecule has 0 fully saturated rings. The maximum Gasteiger partial charge on any atom is 0.359 e. The molecular formula is C9H9N3O2S. The number of allylic oxidation sites excluding steroid dienone is 4. The maximum atomic E-state index is 10.8. The Kier molecular flexibility index (Phi) is 2.77. The third kappa shape index (κ3) is 2.21. The van der Waals surface area contributed by atoms with E-state index in [0.717, 1.165) is 30.1 Å². The van der Waals surface area contributed by atoms with Gasteiger partial charge in [-0.2, -0.15) is 0 Å². The molecule has 0 amide bonds. The summed E-state index contributed by atoms with van der Waals surface area (Å²) in [5, 5.41) is 15.9. The number of aromatic carboxylic acids is 1. The van der Waals surface area contributed by atoms with E-state index in [0.29, 0.717) is 5.00 Å². The zero-order valence-electron chi connectivity index (χ0n) is 7.80. The van der Waals surface area contributed by atoms with E-state index in [1.165, 1.54) is 0 Å². The van der Waals surface area contributed by atoms with Gasteiger partial charge in [0.15, 0.2) is 0 Å². The van der Waals surface area contributed by atoms with Crippen LogP contribution in [-0.2, 0) is 0 Å². The minimum absolute atomic E-state index is 0.0181. The molecule has 0 aromatic carbocycles. The molecule has 78 valence electrons. The Morgan fingerprint density at radius 3 is 3.13 bits per heavy atom. The van der Waals surface area contributed by atoms with Gasteiger partial charge in [-0.1, -0.05) is 16.6 Å². The number of nitrogens with zero attached hydrogens (tertiary/aromatic N) is 2. The Morgan fingerprint density at radius 1 is 1.60 bits per heavy atom. The summed E-state index contributed by atoms with van der Waals surface area (Å²) in [5.74, 6) is -1.06. The fourth-order valence-electron chi connectivity index (χ4n) is 1.27. The minimum Gasteiger partial charge on any atom is -0.476 e. The Hall–Kier alpha value is -1.69. The number of hydrogen-bond donors (Lipinski definition) is 2. The highest BCUT2D eigenvalue weighted by Crippen LogP contribution is 2.22. The van der Waals surface area contributed by atoms with Gasteiger partial charge in [0.05, 0.1) is 0 Å². The second-order valence-electron chi connectivity index (χ2n) is 3.04. The molecule has 6 heteroatoms. The van der Waals surface area contributed by atoms with Crippen LogP contribution >= 0.6 is 11.5 Å². The van der Waals surface area contributed by atoms with Crippen molar-refractivity contribution < 1.29 is 9.90 Å². The van der Waals surface area contributed by atoms with Crippen molar-refractivity contribution in [3.8, 4) is 0 Å². The highest BCUT2D eigenvalue weighted by atomic mass is 32.1. The predicted octanol–water partition coefficient (Wildman–Crippen LogP) is 1.88. The van der Waals surface area contributed by atoms with Gasteiger partial charge in [0, 0.05) is 17.2 Å². The third-order valence-corrected chi connectivity index (χ3v) is 2.62. The van der Waals surface area contributed by atoms with Crippen molar-refractivity contribution >= 4 is 22.5 Å². The van der Waals surface area contributed by atoms with E-state index in [9.17, 15) is 4.79 Å². The topological polar surface area (TPSA) is 75.1 Å². The highest BCUT2D eigenvalue weighted by molar-refractivity contribution is 7.10. The molecule has 1 aliphatic rings. The number of carbonyl (C=O) groups is 1. The van der Waals surface area contributed by atoms with Gasteiger partial charge in [-0.15, -0.1) is 5.10 Å². The van der Waals surface area contributed by atoms with Crippen molar-refractivity contribution in [2.75, 3.05) is 5.32 Å². The first-order valence-electron chi connectivity index (χ1n) is 4.46. The molecule has 0 radical (unpaired) electrons. The van der Waals surface area contributed by atoms with E-state index in [2.05, 4.69) is 21.0 Å². The largest absolute Gasteiger partial charge is 0.476 e. The highest BCUT2D eigenvalue weighted by Gasteiger charge is 2.15. The van der Waals surface area contributed by atoms with E-state index >= 15 is 0 Å². The Balaban J connectivity index is 2.16. The number of nitrogens with one attached hydrogen (secondary N) is 1. The van der Waals surface area contributed by atoms with E-state index < -0.39 is 5.97 Å². The summed E-state index contributed by atoms with van der Waals surface area (Å²) < 4.78 is 3.61. The number of aromatic nitrogens is 2. The Bertz CT molecular complexity index is 436. The molecule has 2 rings (SSSR count). The summed E-state index contributed by atoms with van der Waals surface area (Å²) in [4.78, 5) is 10.8. The van der Waals surface area contributed by atoms with Gasteiger partial charge >= 0.3 is 5.97 Å². The van der Waals surface area contributed by atoms with Gasteiger partial charge in [0.2, 0.25) is 5.69 Å². The van der Waals surface area contributed by atoms with Gasteiger partial charge < -0.3 is 10.4 Å². The molecule has 0 bridgehead atoms. The smallest absolute Gasteiger partial charge is 0.359 e. The molecule has 5 nitrogen and oxygen atoms in total. The van der Waals surface area contributed by atoms with Crippen LogP contribution in [0.2, 0.25) is 0 Å². The van der Waals surface area contributed by atoms with Crippen LogP contribution in [0.25, 0.3) is 0 Å². The lowest BCUT2D eigenvalue weighted by Gasteiger charge is -2.09. The molecule has 0 saturated carbocycles. The van der Waals surface area contributed by atoms with Crippen LogP contribution in [0.15, 0.2) is 23.9 Å². The van der Waals surface area contributed by atoms with Gasteiger partial charge in [0.1, 0.15) is 5.00 Å². The SMILES string of the molecule is O=C(O)c1nnsc1NC1=CC=CCC1. The maximum absolute atomic E-state index is 10.8. The molecule has 1 heterocycles. The van der Waals surface area contributed by atoms with Gasteiger partial charge in [-0.25, -0.2) is 4.79 Å².